The summed E-state index contributed by atoms with van der Waals surface area (Å²) in [5.74, 6) is 0. The number of hydrogen-bond donors (Lipinski definition) is 0. The normalized spacial score (nSPS) is 10.6. The van der Waals surface area contributed by atoms with Crippen LogP contribution in [0.3, 0.4) is 0 Å². The molecule has 3 rings (SSSR count). The first-order chi connectivity index (χ1) is 12.8. The van der Waals surface area contributed by atoms with Gasteiger partial charge in [0.25, 0.3) is 5.69 Å². The second-order valence-corrected chi connectivity index (χ2v) is 7.12. The predicted octanol–water partition coefficient (Wildman–Crippen LogP) is 2.83. The summed E-state index contributed by atoms with van der Waals surface area (Å²) in [6.45, 7) is 2.46. The molecule has 0 radical (unpaired) electrons. The van der Waals surface area contributed by atoms with E-state index < -0.39 is 10.1 Å². The van der Waals surface area contributed by atoms with Crippen LogP contribution >= 0.6 is 0 Å². The zero-order valence-corrected chi connectivity index (χ0v) is 15.4. The number of pyridine rings is 1. The van der Waals surface area contributed by atoms with Crippen molar-refractivity contribution in [3.63, 3.8) is 0 Å². The number of nitro groups is 1. The molecule has 1 heterocycles. The highest BCUT2D eigenvalue weighted by Gasteiger charge is 2.08. The summed E-state index contributed by atoms with van der Waals surface area (Å²) in [7, 11) is -4.27. The molecule has 0 fully saturated rings. The maximum absolute atomic E-state index is 10.6. The molecular weight excluding hydrogens is 368 g/mol. The third-order valence-corrected chi connectivity index (χ3v) is 4.42. The molecular formula is C19H18N2O5S. The van der Waals surface area contributed by atoms with Gasteiger partial charge in [-0.1, -0.05) is 35.9 Å². The summed E-state index contributed by atoms with van der Waals surface area (Å²) in [5, 5.41) is 10.6. The summed E-state index contributed by atoms with van der Waals surface area (Å²) < 4.78 is 33.1. The van der Waals surface area contributed by atoms with Gasteiger partial charge >= 0.3 is 0 Å². The van der Waals surface area contributed by atoms with E-state index in [-0.39, 0.29) is 15.5 Å². The quantitative estimate of drug-likeness (QED) is 0.297. The zero-order chi connectivity index (χ0) is 19.9. The van der Waals surface area contributed by atoms with Crippen LogP contribution < -0.4 is 4.57 Å². The van der Waals surface area contributed by atoms with Gasteiger partial charge in [0.05, 0.1) is 9.82 Å². The second-order valence-electron chi connectivity index (χ2n) is 5.74. The van der Waals surface area contributed by atoms with Crippen molar-refractivity contribution in [2.45, 2.75) is 18.4 Å². The molecule has 0 N–H and O–H groups in total. The summed E-state index contributed by atoms with van der Waals surface area (Å²) in [5.41, 5.74) is 1.98. The summed E-state index contributed by atoms with van der Waals surface area (Å²) in [6.07, 6.45) is 3.86. The van der Waals surface area contributed by atoms with Crippen LogP contribution in [0.5, 0.6) is 0 Å². The minimum Gasteiger partial charge on any atom is -0.744 e. The number of rotatable bonds is 4. The van der Waals surface area contributed by atoms with E-state index in [1.54, 1.807) is 24.3 Å². The van der Waals surface area contributed by atoms with Crippen LogP contribution in [0.15, 0.2) is 84.0 Å². The minimum absolute atomic E-state index is 0.133. The van der Waals surface area contributed by atoms with E-state index in [2.05, 4.69) is 0 Å². The third-order valence-electron chi connectivity index (χ3n) is 3.57. The second kappa shape index (κ2) is 9.02. The molecule has 0 bridgehead atoms. The van der Waals surface area contributed by atoms with Gasteiger partial charge < -0.3 is 4.55 Å². The van der Waals surface area contributed by atoms with E-state index in [0.29, 0.717) is 6.54 Å². The number of benzene rings is 2. The van der Waals surface area contributed by atoms with Crippen LogP contribution in [-0.4, -0.2) is 17.9 Å². The molecule has 0 amide bonds. The number of hydrogen-bond acceptors (Lipinski definition) is 5. The van der Waals surface area contributed by atoms with Gasteiger partial charge in [0.1, 0.15) is 10.1 Å². The molecule has 0 saturated carbocycles. The van der Waals surface area contributed by atoms with Crippen LogP contribution in [0.4, 0.5) is 5.69 Å². The first-order valence-corrected chi connectivity index (χ1v) is 9.36. The molecule has 0 unspecified atom stereocenters. The van der Waals surface area contributed by atoms with Crippen molar-refractivity contribution in [1.82, 2.24) is 0 Å². The molecule has 0 saturated heterocycles. The Labute approximate surface area is 157 Å². The summed E-state index contributed by atoms with van der Waals surface area (Å²) in [4.78, 5) is 10.1. The standard InChI is InChI=1S/C12H11N2O2.C7H8O3S/c15-14(16)12-6-4-5-11(9-12)10-13-7-2-1-3-8-13;1-6-2-4-7(5-3-6)11(8,9)10/h1-9H,10H2;2-5H,1H3,(H,8,9,10)/q+1;/p-1. The van der Waals surface area contributed by atoms with Crippen molar-refractivity contribution >= 4 is 15.8 Å². The lowest BCUT2D eigenvalue weighted by atomic mass is 10.2. The highest BCUT2D eigenvalue weighted by atomic mass is 32.2. The lowest BCUT2D eigenvalue weighted by Crippen LogP contribution is -2.32. The SMILES string of the molecule is Cc1ccc(S(=O)(=O)[O-])cc1.O=[N+]([O-])c1cccc(C[n+]2ccccc2)c1. The van der Waals surface area contributed by atoms with Gasteiger partial charge in [-0.3, -0.25) is 10.1 Å². The topological polar surface area (TPSA) is 104 Å². The highest BCUT2D eigenvalue weighted by Crippen LogP contribution is 2.12. The molecule has 7 nitrogen and oxygen atoms in total. The van der Waals surface area contributed by atoms with Gasteiger partial charge in [-0.2, -0.15) is 0 Å². The van der Waals surface area contributed by atoms with Crippen LogP contribution in [0.2, 0.25) is 0 Å². The fraction of sp³-hybridized carbons (Fsp3) is 0.105. The average Bonchev–Trinajstić information content (AvgIpc) is 2.63. The predicted molar refractivity (Wildman–Crippen MR) is 98.0 cm³/mol. The van der Waals surface area contributed by atoms with Crippen molar-refractivity contribution in [3.8, 4) is 0 Å². The van der Waals surface area contributed by atoms with Gasteiger partial charge in [0, 0.05) is 29.8 Å². The molecule has 1 aromatic heterocycles. The number of nitrogens with zero attached hydrogens (tertiary/aromatic N) is 2. The average molecular weight is 386 g/mol. The maximum atomic E-state index is 10.6. The number of aromatic nitrogens is 1. The Morgan fingerprint density at radius 1 is 0.963 bits per heavy atom. The molecule has 8 heteroatoms. The van der Waals surface area contributed by atoms with E-state index in [9.17, 15) is 23.1 Å². The van der Waals surface area contributed by atoms with Crippen molar-refractivity contribution in [2.75, 3.05) is 0 Å². The molecule has 0 aliphatic rings. The first-order valence-electron chi connectivity index (χ1n) is 7.96. The molecule has 0 atom stereocenters. The van der Waals surface area contributed by atoms with Gasteiger partial charge in [-0.15, -0.1) is 0 Å². The lowest BCUT2D eigenvalue weighted by Gasteiger charge is -2.05. The van der Waals surface area contributed by atoms with E-state index in [0.717, 1.165) is 11.1 Å². The molecule has 0 spiro atoms. The van der Waals surface area contributed by atoms with E-state index in [4.69, 9.17) is 0 Å². The van der Waals surface area contributed by atoms with Crippen LogP contribution in [0, 0.1) is 17.0 Å². The van der Waals surface area contributed by atoms with Crippen LogP contribution in [0.1, 0.15) is 11.1 Å². The number of aryl methyl sites for hydroxylation is 1. The fourth-order valence-electron chi connectivity index (χ4n) is 2.22. The van der Waals surface area contributed by atoms with Crippen molar-refractivity contribution in [2.24, 2.45) is 0 Å². The van der Waals surface area contributed by atoms with Crippen LogP contribution in [0.25, 0.3) is 0 Å². The smallest absolute Gasteiger partial charge is 0.269 e. The third kappa shape index (κ3) is 6.61. The van der Waals surface area contributed by atoms with Gasteiger partial charge in [0.15, 0.2) is 18.9 Å². The fourth-order valence-corrected chi connectivity index (χ4v) is 2.69. The molecule has 0 aliphatic heterocycles. The number of non-ortho nitro benzene ring substituents is 1. The molecule has 27 heavy (non-hydrogen) atoms. The summed E-state index contributed by atoms with van der Waals surface area (Å²) in [6, 6.07) is 18.3. The first kappa shape index (κ1) is 20.2. The van der Waals surface area contributed by atoms with Crippen LogP contribution in [-0.2, 0) is 16.7 Å². The molecule has 0 aliphatic carbocycles. The van der Waals surface area contributed by atoms with Crippen molar-refractivity contribution in [3.05, 3.63) is 100 Å². The van der Waals surface area contributed by atoms with Gasteiger partial charge in [-0.25, -0.2) is 13.0 Å². The van der Waals surface area contributed by atoms with Crippen molar-refractivity contribution < 1.29 is 22.5 Å². The highest BCUT2D eigenvalue weighted by molar-refractivity contribution is 7.85. The zero-order valence-electron chi connectivity index (χ0n) is 14.6. The Hall–Kier alpha value is -3.10. The Balaban J connectivity index is 0.000000208. The Kier molecular flexibility index (Phi) is 6.75. The monoisotopic (exact) mass is 386 g/mol. The molecule has 3 aromatic rings. The van der Waals surface area contributed by atoms with E-state index >= 15 is 0 Å². The Bertz CT molecular complexity index is 1000. The maximum Gasteiger partial charge on any atom is 0.269 e. The lowest BCUT2D eigenvalue weighted by molar-refractivity contribution is -0.688. The summed E-state index contributed by atoms with van der Waals surface area (Å²) >= 11 is 0. The van der Waals surface area contributed by atoms with Crippen molar-refractivity contribution in [1.29, 1.82) is 0 Å². The molecule has 2 aromatic carbocycles. The Morgan fingerprint density at radius 2 is 1.59 bits per heavy atom. The van der Waals surface area contributed by atoms with E-state index in [1.807, 2.05) is 48.1 Å². The minimum atomic E-state index is -4.27. The largest absolute Gasteiger partial charge is 0.744 e. The Morgan fingerprint density at radius 3 is 2.15 bits per heavy atom. The molecule has 140 valence electrons. The van der Waals surface area contributed by atoms with E-state index in [1.165, 1.54) is 18.2 Å². The number of nitro benzene ring substituents is 1. The van der Waals surface area contributed by atoms with Gasteiger partial charge in [-0.05, 0) is 19.1 Å². The van der Waals surface area contributed by atoms with Gasteiger partial charge in [0.2, 0.25) is 0 Å².